The minimum Gasteiger partial charge on any atom is -0.348 e. The normalized spacial score (nSPS) is 20.0. The fraction of sp³-hybridized carbons (Fsp3) is 0.409. The number of amides is 1. The van der Waals surface area contributed by atoms with E-state index in [0.29, 0.717) is 18.9 Å². The highest BCUT2D eigenvalue weighted by atomic mass is 16.1. The van der Waals surface area contributed by atoms with E-state index in [9.17, 15) is 10.1 Å². The first-order chi connectivity index (χ1) is 13.1. The Morgan fingerprint density at radius 2 is 2.07 bits per heavy atom. The quantitative estimate of drug-likeness (QED) is 0.642. The second kappa shape index (κ2) is 8.56. The molecule has 0 radical (unpaired) electrons. The Hall–Kier alpha value is -3.05. The Morgan fingerprint density at radius 3 is 2.81 bits per heavy atom. The van der Waals surface area contributed by atoms with Gasteiger partial charge in [0.05, 0.1) is 12.5 Å². The van der Waals surface area contributed by atoms with E-state index in [1.165, 1.54) is 6.42 Å². The predicted molar refractivity (Wildman–Crippen MR) is 105 cm³/mol. The molecule has 0 spiro atoms. The molecule has 3 rings (SSSR count). The number of para-hydroxylation sites is 1. The molecule has 1 aromatic carbocycles. The predicted octanol–water partition coefficient (Wildman–Crippen LogP) is 4.16. The summed E-state index contributed by atoms with van der Waals surface area (Å²) in [5.74, 6) is 0.139. The summed E-state index contributed by atoms with van der Waals surface area (Å²) in [4.78, 5) is 12.7. The van der Waals surface area contributed by atoms with E-state index >= 15 is 0 Å². The van der Waals surface area contributed by atoms with Gasteiger partial charge in [0, 0.05) is 35.2 Å². The fourth-order valence-electron chi connectivity index (χ4n) is 3.83. The molecule has 2 aromatic rings. The molecule has 1 heterocycles. The number of nitriles is 2. The zero-order valence-corrected chi connectivity index (χ0v) is 15.6. The summed E-state index contributed by atoms with van der Waals surface area (Å²) in [5, 5.41) is 22.4. The Labute approximate surface area is 159 Å². The highest BCUT2D eigenvalue weighted by Crippen LogP contribution is 2.26. The van der Waals surface area contributed by atoms with Gasteiger partial charge in [-0.3, -0.25) is 4.79 Å². The van der Waals surface area contributed by atoms with Crippen LogP contribution in [0.1, 0.15) is 44.6 Å². The van der Waals surface area contributed by atoms with Gasteiger partial charge in [0.1, 0.15) is 11.6 Å². The van der Waals surface area contributed by atoms with E-state index < -0.39 is 0 Å². The third-order valence-electron chi connectivity index (χ3n) is 5.38. The zero-order chi connectivity index (χ0) is 19.2. The molecule has 1 aliphatic carbocycles. The molecule has 27 heavy (non-hydrogen) atoms. The molecule has 5 heteroatoms. The van der Waals surface area contributed by atoms with Crippen LogP contribution in [-0.2, 0) is 11.3 Å². The fourth-order valence-corrected chi connectivity index (χ4v) is 3.83. The van der Waals surface area contributed by atoms with E-state index in [1.807, 2.05) is 35.0 Å². The average Bonchev–Trinajstić information content (AvgIpc) is 3.04. The largest absolute Gasteiger partial charge is 0.348 e. The first-order valence-electron chi connectivity index (χ1n) is 9.51. The standard InChI is InChI=1S/C22H24N4O/c1-16-7-2-4-9-20(16)25-22(27)17(14-24)13-18-15-26(12-6-11-23)21-10-5-3-8-19(18)21/h3,5,8,10,13,15-16,20H,2,4,6-7,9,12H2,1H3,(H,25,27)/b17-13+. The van der Waals surface area contributed by atoms with Gasteiger partial charge in [-0.15, -0.1) is 0 Å². The molecule has 1 N–H and O–H groups in total. The van der Waals surface area contributed by atoms with Crippen molar-refractivity contribution >= 4 is 22.9 Å². The molecule has 0 aliphatic heterocycles. The average molecular weight is 360 g/mol. The van der Waals surface area contributed by atoms with Crippen LogP contribution in [0.15, 0.2) is 36.0 Å². The SMILES string of the molecule is CC1CCCCC1NC(=O)/C(C#N)=C/c1cn(CCC#N)c2ccccc12. The number of hydrogen-bond donors (Lipinski definition) is 1. The van der Waals surface area contributed by atoms with Crippen LogP contribution in [0, 0.1) is 28.6 Å². The number of nitrogens with one attached hydrogen (secondary N) is 1. The van der Waals surface area contributed by atoms with E-state index in [0.717, 1.165) is 35.7 Å². The molecule has 2 unspecified atom stereocenters. The molecule has 0 saturated heterocycles. The number of benzene rings is 1. The zero-order valence-electron chi connectivity index (χ0n) is 15.6. The number of aryl methyl sites for hydroxylation is 1. The monoisotopic (exact) mass is 360 g/mol. The van der Waals surface area contributed by atoms with Crippen LogP contribution in [-0.4, -0.2) is 16.5 Å². The van der Waals surface area contributed by atoms with Gasteiger partial charge in [0.2, 0.25) is 0 Å². The lowest BCUT2D eigenvalue weighted by atomic mass is 9.86. The van der Waals surface area contributed by atoms with Crippen molar-refractivity contribution in [3.05, 3.63) is 41.6 Å². The van der Waals surface area contributed by atoms with Gasteiger partial charge in [-0.2, -0.15) is 10.5 Å². The van der Waals surface area contributed by atoms with Gasteiger partial charge in [-0.25, -0.2) is 0 Å². The summed E-state index contributed by atoms with van der Waals surface area (Å²) in [7, 11) is 0. The lowest BCUT2D eigenvalue weighted by Crippen LogP contribution is -2.41. The summed E-state index contributed by atoms with van der Waals surface area (Å²) in [5.41, 5.74) is 1.94. The maximum Gasteiger partial charge on any atom is 0.262 e. The molecule has 1 fully saturated rings. The van der Waals surface area contributed by atoms with Crippen LogP contribution in [0.2, 0.25) is 0 Å². The highest BCUT2D eigenvalue weighted by Gasteiger charge is 2.24. The lowest BCUT2D eigenvalue weighted by Gasteiger charge is -2.29. The van der Waals surface area contributed by atoms with Crippen LogP contribution in [0.3, 0.4) is 0 Å². The number of hydrogen-bond acceptors (Lipinski definition) is 3. The first kappa shape index (κ1) is 18.7. The van der Waals surface area contributed by atoms with Crippen LogP contribution < -0.4 is 5.32 Å². The van der Waals surface area contributed by atoms with Gasteiger partial charge in [-0.1, -0.05) is 38.0 Å². The molecular formula is C22H24N4O. The Balaban J connectivity index is 1.88. The third-order valence-corrected chi connectivity index (χ3v) is 5.38. The number of rotatable bonds is 5. The minimum atomic E-state index is -0.301. The summed E-state index contributed by atoms with van der Waals surface area (Å²) in [6.07, 6.45) is 8.39. The van der Waals surface area contributed by atoms with Crippen LogP contribution in [0.4, 0.5) is 0 Å². The Bertz CT molecular complexity index is 941. The minimum absolute atomic E-state index is 0.121. The molecular weight excluding hydrogens is 336 g/mol. The topological polar surface area (TPSA) is 81.6 Å². The van der Waals surface area contributed by atoms with Gasteiger partial charge in [0.25, 0.3) is 5.91 Å². The molecule has 1 saturated carbocycles. The van der Waals surface area contributed by atoms with Crippen molar-refractivity contribution in [1.82, 2.24) is 9.88 Å². The molecule has 5 nitrogen and oxygen atoms in total. The number of carbonyl (C=O) groups is 1. The van der Waals surface area contributed by atoms with Gasteiger partial charge >= 0.3 is 0 Å². The van der Waals surface area contributed by atoms with E-state index in [2.05, 4.69) is 24.4 Å². The van der Waals surface area contributed by atoms with Gasteiger partial charge < -0.3 is 9.88 Å². The smallest absolute Gasteiger partial charge is 0.262 e. The van der Waals surface area contributed by atoms with E-state index in [-0.39, 0.29) is 17.5 Å². The molecule has 138 valence electrons. The van der Waals surface area contributed by atoms with E-state index in [4.69, 9.17) is 5.26 Å². The summed E-state index contributed by atoms with van der Waals surface area (Å²) < 4.78 is 2.00. The Morgan fingerprint density at radius 1 is 1.30 bits per heavy atom. The van der Waals surface area contributed by atoms with Crippen molar-refractivity contribution in [2.45, 2.75) is 51.6 Å². The van der Waals surface area contributed by atoms with Crippen molar-refractivity contribution in [2.75, 3.05) is 0 Å². The van der Waals surface area contributed by atoms with Crippen molar-refractivity contribution in [2.24, 2.45) is 5.92 Å². The second-order valence-electron chi connectivity index (χ2n) is 7.21. The Kier molecular flexibility index (Phi) is 5.94. The third kappa shape index (κ3) is 4.20. The first-order valence-corrected chi connectivity index (χ1v) is 9.51. The van der Waals surface area contributed by atoms with Crippen LogP contribution in [0.25, 0.3) is 17.0 Å². The van der Waals surface area contributed by atoms with Crippen molar-refractivity contribution in [3.63, 3.8) is 0 Å². The van der Waals surface area contributed by atoms with Gasteiger partial charge in [-0.05, 0) is 30.9 Å². The summed E-state index contributed by atoms with van der Waals surface area (Å²) in [6.45, 7) is 2.74. The van der Waals surface area contributed by atoms with Crippen molar-refractivity contribution in [3.8, 4) is 12.1 Å². The molecule has 1 aliphatic rings. The van der Waals surface area contributed by atoms with Gasteiger partial charge in [0.15, 0.2) is 0 Å². The molecule has 2 atom stereocenters. The van der Waals surface area contributed by atoms with Crippen molar-refractivity contribution in [1.29, 1.82) is 10.5 Å². The second-order valence-corrected chi connectivity index (χ2v) is 7.21. The van der Waals surface area contributed by atoms with Crippen LogP contribution >= 0.6 is 0 Å². The lowest BCUT2D eigenvalue weighted by molar-refractivity contribution is -0.118. The number of fused-ring (bicyclic) bond motifs is 1. The molecule has 0 bridgehead atoms. The highest BCUT2D eigenvalue weighted by molar-refractivity contribution is 6.04. The van der Waals surface area contributed by atoms with Crippen LogP contribution in [0.5, 0.6) is 0 Å². The summed E-state index contributed by atoms with van der Waals surface area (Å²) >= 11 is 0. The molecule has 1 aromatic heterocycles. The molecule has 1 amide bonds. The number of aromatic nitrogens is 1. The number of nitrogens with zero attached hydrogens (tertiary/aromatic N) is 3. The summed E-state index contributed by atoms with van der Waals surface area (Å²) in [6, 6.07) is 12.2. The van der Waals surface area contributed by atoms with Crippen molar-refractivity contribution < 1.29 is 4.79 Å². The number of carbonyl (C=O) groups excluding carboxylic acids is 1. The maximum atomic E-state index is 12.7. The van der Waals surface area contributed by atoms with E-state index in [1.54, 1.807) is 6.08 Å². The maximum absolute atomic E-state index is 12.7.